The smallest absolute Gasteiger partial charge is 0.166 e. The van der Waals surface area contributed by atoms with Gasteiger partial charge in [-0.05, 0) is 13.8 Å². The van der Waals surface area contributed by atoms with Crippen LogP contribution in [0.1, 0.15) is 58.2 Å². The first kappa shape index (κ1) is 27.1. The van der Waals surface area contributed by atoms with Crippen LogP contribution in [0.25, 0.3) is 0 Å². The molecule has 0 aromatic heterocycles. The molecular weight excluding hydrogens is 309 g/mol. The Balaban J connectivity index is -0.000000284. The van der Waals surface area contributed by atoms with Crippen molar-refractivity contribution in [2.75, 3.05) is 0 Å². The maximum Gasteiger partial charge on any atom is 0.416 e. The number of hydrogen-bond acceptors (Lipinski definition) is 0. The summed E-state index contributed by atoms with van der Waals surface area (Å²) in [6.07, 6.45) is -4.21. The number of alkyl halides is 3. The average molecular weight is 342 g/mol. The zero-order chi connectivity index (χ0) is 19.6. The van der Waals surface area contributed by atoms with Gasteiger partial charge in [0, 0.05) is 0 Å². The first-order chi connectivity index (χ1) is 11.4. The minimum absolute atomic E-state index is 0.602. The normalized spacial score (nSPS) is 8.62. The first-order valence-electron chi connectivity index (χ1n) is 8.55. The third-order valence-electron chi connectivity index (χ3n) is 2.27. The van der Waals surface area contributed by atoms with Gasteiger partial charge in [0.25, 0.3) is 0 Å². The lowest BCUT2D eigenvalue weighted by Gasteiger charge is -2.03. The van der Waals surface area contributed by atoms with Crippen LogP contribution in [0.2, 0.25) is 0 Å². The van der Waals surface area contributed by atoms with Gasteiger partial charge in [-0.1, -0.05) is 107 Å². The monoisotopic (exact) mass is 342 g/mol. The van der Waals surface area contributed by atoms with E-state index in [0.717, 1.165) is 12.1 Å². The minimum Gasteiger partial charge on any atom is -0.166 e. The van der Waals surface area contributed by atoms with Crippen LogP contribution in [0, 0.1) is 13.8 Å². The highest BCUT2D eigenvalue weighted by molar-refractivity contribution is 5.20. The largest absolute Gasteiger partial charge is 0.416 e. The molecule has 0 heterocycles. The molecule has 2 rings (SSSR count). The van der Waals surface area contributed by atoms with E-state index in [1.54, 1.807) is 6.07 Å². The Bertz CT molecular complexity index is 457. The Morgan fingerprint density at radius 3 is 1.17 bits per heavy atom. The highest BCUT2D eigenvalue weighted by Gasteiger charge is 2.29. The maximum absolute atomic E-state index is 11.8. The van der Waals surface area contributed by atoms with Crippen molar-refractivity contribution < 1.29 is 13.2 Å². The quantitative estimate of drug-likeness (QED) is 0.454. The molecule has 0 unspecified atom stereocenters. The molecule has 0 fully saturated rings. The Morgan fingerprint density at radius 1 is 0.583 bits per heavy atom. The summed E-state index contributed by atoms with van der Waals surface area (Å²) in [6, 6.07) is 14.8. The van der Waals surface area contributed by atoms with Crippen LogP contribution in [-0.4, -0.2) is 0 Å². The second-order valence-electron chi connectivity index (χ2n) is 4.02. The zero-order valence-electron chi connectivity index (χ0n) is 16.3. The summed E-state index contributed by atoms with van der Waals surface area (Å²) in [5.74, 6) is 0. The maximum atomic E-state index is 11.8. The molecule has 0 aliphatic heterocycles. The second-order valence-corrected chi connectivity index (χ2v) is 4.02. The van der Waals surface area contributed by atoms with Crippen LogP contribution in [0.4, 0.5) is 13.2 Å². The summed E-state index contributed by atoms with van der Waals surface area (Å²) in [4.78, 5) is 0. The molecule has 0 atom stereocenters. The molecule has 0 aliphatic rings. The van der Waals surface area contributed by atoms with Crippen molar-refractivity contribution in [2.45, 2.75) is 61.6 Å². The van der Waals surface area contributed by atoms with Gasteiger partial charge in [0.1, 0.15) is 0 Å². The highest BCUT2D eigenvalue weighted by Crippen LogP contribution is 2.28. The van der Waals surface area contributed by atoms with Gasteiger partial charge in [-0.15, -0.1) is 0 Å². The molecule has 3 heteroatoms. The van der Waals surface area contributed by atoms with Gasteiger partial charge in [0.2, 0.25) is 0 Å². The van der Waals surface area contributed by atoms with Crippen molar-refractivity contribution in [3.05, 3.63) is 71.3 Å². The van der Waals surface area contributed by atoms with Crippen molar-refractivity contribution in [3.63, 3.8) is 0 Å². The van der Waals surface area contributed by atoms with Gasteiger partial charge < -0.3 is 0 Å². The number of hydrogen-bond donors (Lipinski definition) is 0. The average Bonchev–Trinajstić information content (AvgIpc) is 2.61. The third-order valence-corrected chi connectivity index (χ3v) is 2.27. The van der Waals surface area contributed by atoms with Crippen LogP contribution in [-0.2, 0) is 6.18 Å². The van der Waals surface area contributed by atoms with E-state index in [4.69, 9.17) is 0 Å². The van der Waals surface area contributed by atoms with Gasteiger partial charge in [-0.2, -0.15) is 13.2 Å². The van der Waals surface area contributed by atoms with Gasteiger partial charge in [0.15, 0.2) is 0 Å². The van der Waals surface area contributed by atoms with Gasteiger partial charge in [0.05, 0.1) is 5.56 Å². The molecule has 138 valence electrons. The molecule has 0 radical (unpaired) electrons. The van der Waals surface area contributed by atoms with Gasteiger partial charge in [-0.25, -0.2) is 0 Å². The summed E-state index contributed by atoms with van der Waals surface area (Å²) in [6.45, 7) is 16.2. The molecule has 0 saturated heterocycles. The predicted molar refractivity (Wildman–Crippen MR) is 101 cm³/mol. The van der Waals surface area contributed by atoms with Crippen molar-refractivity contribution in [1.29, 1.82) is 0 Å². The molecule has 0 N–H and O–H groups in total. The summed E-state index contributed by atoms with van der Waals surface area (Å²) >= 11 is 0. The summed E-state index contributed by atoms with van der Waals surface area (Å²) in [5, 5.41) is 0. The Hall–Kier alpha value is -1.77. The highest BCUT2D eigenvalue weighted by atomic mass is 19.4. The minimum atomic E-state index is -4.21. The van der Waals surface area contributed by atoms with Crippen LogP contribution in [0.3, 0.4) is 0 Å². The van der Waals surface area contributed by atoms with E-state index in [0.29, 0.717) is 0 Å². The molecule has 0 amide bonds. The van der Waals surface area contributed by atoms with Crippen molar-refractivity contribution in [1.82, 2.24) is 0 Å². The lowest BCUT2D eigenvalue weighted by molar-refractivity contribution is -0.137. The number of benzene rings is 2. The first-order valence-corrected chi connectivity index (χ1v) is 8.55. The molecule has 2 aromatic carbocycles. The summed E-state index contributed by atoms with van der Waals surface area (Å²) in [5.41, 5.74) is 2.07. The van der Waals surface area contributed by atoms with Crippen molar-refractivity contribution in [3.8, 4) is 0 Å². The molecule has 24 heavy (non-hydrogen) atoms. The Morgan fingerprint density at radius 2 is 0.958 bits per heavy atom. The van der Waals surface area contributed by atoms with Crippen LogP contribution < -0.4 is 0 Å². The van der Waals surface area contributed by atoms with Gasteiger partial charge >= 0.3 is 6.18 Å². The molecular formula is C21H33F3. The van der Waals surface area contributed by atoms with E-state index in [9.17, 15) is 13.2 Å². The number of aryl methyl sites for hydroxylation is 2. The fraction of sp³-hybridized carbons (Fsp3) is 0.429. The fourth-order valence-electron chi connectivity index (χ4n) is 1.43. The molecule has 0 spiro atoms. The standard InChI is InChI=1S/C8H10.C7H5F3.3C2H6/c1-7-4-3-5-8(2)6-7;8-7(9,10)6-4-2-1-3-5-6;3*1-2/h3-6H,1-2H3;1-5H;3*1-2H3. The molecule has 2 aromatic rings. The third kappa shape index (κ3) is 15.1. The zero-order valence-corrected chi connectivity index (χ0v) is 16.3. The van der Waals surface area contributed by atoms with E-state index >= 15 is 0 Å². The number of halogens is 3. The lowest BCUT2D eigenvalue weighted by atomic mass is 10.2. The topological polar surface area (TPSA) is 0 Å². The number of rotatable bonds is 0. The van der Waals surface area contributed by atoms with E-state index in [1.807, 2.05) is 41.5 Å². The molecule has 0 saturated carbocycles. The summed E-state index contributed by atoms with van der Waals surface area (Å²) < 4.78 is 35.4. The van der Waals surface area contributed by atoms with E-state index in [1.165, 1.54) is 23.3 Å². The van der Waals surface area contributed by atoms with E-state index in [2.05, 4.69) is 38.1 Å². The Kier molecular flexibility index (Phi) is 19.8. The van der Waals surface area contributed by atoms with E-state index < -0.39 is 11.7 Å². The Labute approximate surface area is 146 Å². The van der Waals surface area contributed by atoms with Crippen molar-refractivity contribution in [2.24, 2.45) is 0 Å². The van der Waals surface area contributed by atoms with Crippen molar-refractivity contribution >= 4 is 0 Å². The summed E-state index contributed by atoms with van der Waals surface area (Å²) in [7, 11) is 0. The predicted octanol–water partition coefficient (Wildman–Crippen LogP) is 8.09. The molecule has 0 nitrogen and oxygen atoms in total. The molecule has 0 bridgehead atoms. The van der Waals surface area contributed by atoms with Crippen LogP contribution in [0.5, 0.6) is 0 Å². The van der Waals surface area contributed by atoms with Crippen LogP contribution >= 0.6 is 0 Å². The second kappa shape index (κ2) is 17.6. The van der Waals surface area contributed by atoms with Crippen LogP contribution in [0.15, 0.2) is 54.6 Å². The molecule has 0 aliphatic carbocycles. The fourth-order valence-corrected chi connectivity index (χ4v) is 1.43. The van der Waals surface area contributed by atoms with E-state index in [-0.39, 0.29) is 0 Å². The van der Waals surface area contributed by atoms with Gasteiger partial charge in [-0.3, -0.25) is 0 Å². The SMILES string of the molecule is CC.CC.CC.Cc1cccc(C)c1.FC(F)(F)c1ccccc1. The lowest BCUT2D eigenvalue weighted by Crippen LogP contribution is -2.03.